The Kier molecular flexibility index (Phi) is 5.88. The predicted octanol–water partition coefficient (Wildman–Crippen LogP) is 2.49. The second kappa shape index (κ2) is 8.20. The molecule has 9 heteroatoms. The van der Waals surface area contributed by atoms with Crippen LogP contribution in [0.25, 0.3) is 0 Å². The van der Waals surface area contributed by atoms with Crippen LogP contribution in [0.1, 0.15) is 22.3 Å². The summed E-state index contributed by atoms with van der Waals surface area (Å²) in [5.41, 5.74) is 2.10. The highest BCUT2D eigenvalue weighted by molar-refractivity contribution is 7.91. The maximum atomic E-state index is 13.2. The Morgan fingerprint density at radius 2 is 1.72 bits per heavy atom. The minimum atomic E-state index is -3.17. The number of carbonyl (C=O) groups excluding carboxylic acids is 1. The number of rotatable bonds is 6. The van der Waals surface area contributed by atoms with E-state index in [0.29, 0.717) is 12.0 Å². The average molecular weight is 417 g/mol. The van der Waals surface area contributed by atoms with Gasteiger partial charge in [-0.15, -0.1) is 0 Å². The number of benzene rings is 2. The van der Waals surface area contributed by atoms with Crippen LogP contribution in [-0.2, 0) is 16.4 Å². The molecule has 1 heterocycles. The van der Waals surface area contributed by atoms with E-state index >= 15 is 0 Å². The third-order valence-corrected chi connectivity index (χ3v) is 6.79. The molecule has 154 valence electrons. The summed E-state index contributed by atoms with van der Waals surface area (Å²) in [4.78, 5) is 27.0. The summed E-state index contributed by atoms with van der Waals surface area (Å²) in [5, 5.41) is 10.9. The topological polar surface area (TPSA) is 101 Å². The van der Waals surface area contributed by atoms with E-state index in [4.69, 9.17) is 0 Å². The van der Waals surface area contributed by atoms with Crippen LogP contribution >= 0.6 is 0 Å². The summed E-state index contributed by atoms with van der Waals surface area (Å²) in [7, 11) is 0.692. The number of hydrogen-bond donors (Lipinski definition) is 0. The zero-order valence-corrected chi connectivity index (χ0v) is 17.1. The van der Waals surface area contributed by atoms with Gasteiger partial charge in [-0.2, -0.15) is 0 Å². The van der Waals surface area contributed by atoms with Gasteiger partial charge in [0.05, 0.1) is 16.4 Å². The second-order valence-corrected chi connectivity index (χ2v) is 9.58. The zero-order chi connectivity index (χ0) is 21.2. The molecule has 29 heavy (non-hydrogen) atoms. The maximum absolute atomic E-state index is 13.2. The van der Waals surface area contributed by atoms with Crippen molar-refractivity contribution in [3.8, 4) is 0 Å². The van der Waals surface area contributed by atoms with Crippen LogP contribution in [0.3, 0.4) is 0 Å². The van der Waals surface area contributed by atoms with Gasteiger partial charge in [-0.05, 0) is 36.2 Å². The molecule has 1 aliphatic heterocycles. The van der Waals surface area contributed by atoms with Crippen LogP contribution in [0.2, 0.25) is 0 Å². The van der Waals surface area contributed by atoms with Crippen LogP contribution in [0.4, 0.5) is 11.4 Å². The Hall–Kier alpha value is -2.94. The summed E-state index contributed by atoms with van der Waals surface area (Å²) in [5.74, 6) is -0.346. The number of carbonyl (C=O) groups is 1. The maximum Gasteiger partial charge on any atom is 0.269 e. The van der Waals surface area contributed by atoms with Gasteiger partial charge in [-0.3, -0.25) is 14.9 Å². The highest BCUT2D eigenvalue weighted by Gasteiger charge is 2.35. The molecule has 0 unspecified atom stereocenters. The van der Waals surface area contributed by atoms with E-state index in [9.17, 15) is 23.3 Å². The Morgan fingerprint density at radius 1 is 1.10 bits per heavy atom. The molecular formula is C20H23N3O5S. The van der Waals surface area contributed by atoms with Crippen molar-refractivity contribution in [2.24, 2.45) is 0 Å². The fraction of sp³-hybridized carbons (Fsp3) is 0.350. The van der Waals surface area contributed by atoms with Gasteiger partial charge in [-0.25, -0.2) is 8.42 Å². The normalized spacial score (nSPS) is 17.7. The molecule has 3 rings (SSSR count). The number of hydrogen-bond acceptors (Lipinski definition) is 6. The fourth-order valence-electron chi connectivity index (χ4n) is 3.38. The summed E-state index contributed by atoms with van der Waals surface area (Å²) in [6, 6.07) is 12.7. The second-order valence-electron chi connectivity index (χ2n) is 7.35. The predicted molar refractivity (Wildman–Crippen MR) is 111 cm³/mol. The molecule has 0 radical (unpaired) electrons. The summed E-state index contributed by atoms with van der Waals surface area (Å²) in [6.45, 7) is 0.268. The SMILES string of the molecule is CN(C)c1ccc(CN(C(=O)c2ccc([N+](=O)[O-])cc2)[C@@H]2CCS(=O)(=O)C2)cc1. The van der Waals surface area contributed by atoms with E-state index in [1.807, 2.05) is 43.3 Å². The Morgan fingerprint density at radius 3 is 2.21 bits per heavy atom. The van der Waals surface area contributed by atoms with Gasteiger partial charge in [0.25, 0.3) is 11.6 Å². The molecule has 2 aromatic rings. The van der Waals surface area contributed by atoms with Crippen molar-refractivity contribution in [1.82, 2.24) is 4.90 Å². The lowest BCUT2D eigenvalue weighted by Crippen LogP contribution is -2.40. The van der Waals surface area contributed by atoms with E-state index in [2.05, 4.69) is 0 Å². The van der Waals surface area contributed by atoms with Gasteiger partial charge in [0, 0.05) is 50.1 Å². The van der Waals surface area contributed by atoms with Crippen LogP contribution in [0.5, 0.6) is 0 Å². The van der Waals surface area contributed by atoms with Crippen LogP contribution in [0.15, 0.2) is 48.5 Å². The molecule has 8 nitrogen and oxygen atoms in total. The van der Waals surface area contributed by atoms with Crippen molar-refractivity contribution in [2.45, 2.75) is 19.0 Å². The average Bonchev–Trinajstić information content (AvgIpc) is 3.05. The lowest BCUT2D eigenvalue weighted by molar-refractivity contribution is -0.384. The molecule has 0 saturated carbocycles. The molecule has 2 aromatic carbocycles. The van der Waals surface area contributed by atoms with Crippen molar-refractivity contribution < 1.29 is 18.1 Å². The van der Waals surface area contributed by atoms with Crippen molar-refractivity contribution in [3.05, 3.63) is 69.8 Å². The van der Waals surface area contributed by atoms with Crippen LogP contribution in [-0.4, -0.2) is 55.8 Å². The number of amides is 1. The van der Waals surface area contributed by atoms with Crippen LogP contribution < -0.4 is 4.90 Å². The molecular weight excluding hydrogens is 394 g/mol. The summed E-state index contributed by atoms with van der Waals surface area (Å²) in [6.07, 6.45) is 0.386. The Balaban J connectivity index is 1.88. The number of nitrogens with zero attached hydrogens (tertiary/aromatic N) is 3. The summed E-state index contributed by atoms with van der Waals surface area (Å²) < 4.78 is 24.0. The Bertz CT molecular complexity index is 1000. The molecule has 0 aliphatic carbocycles. The van der Waals surface area contributed by atoms with Gasteiger partial charge in [0.1, 0.15) is 0 Å². The first-order valence-corrected chi connectivity index (χ1v) is 11.0. The molecule has 0 N–H and O–H groups in total. The first-order chi connectivity index (χ1) is 13.7. The summed E-state index contributed by atoms with van der Waals surface area (Å²) >= 11 is 0. The van der Waals surface area contributed by atoms with Gasteiger partial charge in [-0.1, -0.05) is 12.1 Å². The fourth-order valence-corrected chi connectivity index (χ4v) is 5.11. The molecule has 1 atom stereocenters. The monoisotopic (exact) mass is 417 g/mol. The van der Waals surface area contributed by atoms with Crippen molar-refractivity contribution in [2.75, 3.05) is 30.5 Å². The van der Waals surface area contributed by atoms with Crippen molar-refractivity contribution in [3.63, 3.8) is 0 Å². The number of anilines is 1. The number of sulfone groups is 1. The largest absolute Gasteiger partial charge is 0.378 e. The highest BCUT2D eigenvalue weighted by Crippen LogP contribution is 2.24. The van der Waals surface area contributed by atoms with E-state index < -0.39 is 20.8 Å². The first-order valence-electron chi connectivity index (χ1n) is 9.18. The smallest absolute Gasteiger partial charge is 0.269 e. The van der Waals surface area contributed by atoms with Crippen LogP contribution in [0, 0.1) is 10.1 Å². The molecule has 0 spiro atoms. The molecule has 1 saturated heterocycles. The van der Waals surface area contributed by atoms with Crippen molar-refractivity contribution in [1.29, 1.82) is 0 Å². The first kappa shape index (κ1) is 20.8. The van der Waals surface area contributed by atoms with Gasteiger partial charge in [0.2, 0.25) is 0 Å². The Labute approximate surface area is 169 Å². The third-order valence-electron chi connectivity index (χ3n) is 5.04. The van der Waals surface area contributed by atoms with Gasteiger partial charge >= 0.3 is 0 Å². The van der Waals surface area contributed by atoms with Gasteiger partial charge < -0.3 is 9.80 Å². The third kappa shape index (κ3) is 4.92. The zero-order valence-electron chi connectivity index (χ0n) is 16.3. The highest BCUT2D eigenvalue weighted by atomic mass is 32.2. The molecule has 0 aromatic heterocycles. The lowest BCUT2D eigenvalue weighted by Gasteiger charge is -2.29. The molecule has 1 fully saturated rings. The minimum Gasteiger partial charge on any atom is -0.378 e. The van der Waals surface area contributed by atoms with E-state index in [-0.39, 0.29) is 29.6 Å². The lowest BCUT2D eigenvalue weighted by atomic mass is 10.1. The standard InChI is InChI=1S/C20H23N3O5S/c1-21(2)17-7-3-15(4-8-17)13-22(19-11-12-29(27,28)14-19)20(24)16-5-9-18(10-6-16)23(25)26/h3-10,19H,11-14H2,1-2H3/t19-/m1/s1. The quantitative estimate of drug-likeness (QED) is 0.529. The molecule has 1 aliphatic rings. The number of nitro benzene ring substituents is 1. The molecule has 1 amide bonds. The van der Waals surface area contributed by atoms with E-state index in [1.54, 1.807) is 4.90 Å². The van der Waals surface area contributed by atoms with Gasteiger partial charge in [0.15, 0.2) is 9.84 Å². The van der Waals surface area contributed by atoms with Crippen molar-refractivity contribution >= 4 is 27.1 Å². The number of non-ortho nitro benzene ring substituents is 1. The minimum absolute atomic E-state index is 0.0568. The van der Waals surface area contributed by atoms with E-state index in [1.165, 1.54) is 24.3 Å². The van der Waals surface area contributed by atoms with E-state index in [0.717, 1.165) is 11.3 Å². The number of nitro groups is 1. The molecule has 0 bridgehead atoms.